The zero-order valence-electron chi connectivity index (χ0n) is 9.40. The molecule has 0 fully saturated rings. The minimum Gasteiger partial charge on any atom is -0.507 e. The van der Waals surface area contributed by atoms with Crippen LogP contribution in [0, 0.1) is 5.82 Å². The van der Waals surface area contributed by atoms with Crippen LogP contribution < -0.4 is 0 Å². The molecule has 0 aliphatic carbocycles. The van der Waals surface area contributed by atoms with Gasteiger partial charge in [0.05, 0.1) is 5.56 Å². The number of rotatable bonds is 5. The number of halogens is 1. The van der Waals surface area contributed by atoms with Crippen molar-refractivity contribution in [1.82, 2.24) is 4.90 Å². The summed E-state index contributed by atoms with van der Waals surface area (Å²) in [4.78, 5) is 13.4. The molecule has 3 nitrogen and oxygen atoms in total. The van der Waals surface area contributed by atoms with Gasteiger partial charge in [-0.05, 0) is 12.1 Å². The van der Waals surface area contributed by atoms with Gasteiger partial charge in [0.1, 0.15) is 11.6 Å². The Labute approximate surface area is 99.5 Å². The number of phenols is 1. The van der Waals surface area contributed by atoms with E-state index >= 15 is 0 Å². The zero-order chi connectivity index (χ0) is 12.8. The van der Waals surface area contributed by atoms with Crippen LogP contribution >= 0.6 is 0 Å². The van der Waals surface area contributed by atoms with Gasteiger partial charge in [0.15, 0.2) is 0 Å². The maximum absolute atomic E-state index is 12.8. The fourth-order valence-electron chi connectivity index (χ4n) is 1.41. The third-order valence-corrected chi connectivity index (χ3v) is 2.18. The summed E-state index contributed by atoms with van der Waals surface area (Å²) in [6, 6.07) is 3.30. The molecule has 1 amide bonds. The average Bonchev–Trinajstić information content (AvgIpc) is 2.28. The molecule has 1 aromatic carbocycles. The van der Waals surface area contributed by atoms with Crippen molar-refractivity contribution in [3.05, 3.63) is 54.9 Å². The predicted octanol–water partition coefficient (Wildman–Crippen LogP) is 2.35. The second kappa shape index (κ2) is 5.84. The van der Waals surface area contributed by atoms with Gasteiger partial charge in [0.25, 0.3) is 5.91 Å². The number of amides is 1. The smallest absolute Gasteiger partial charge is 0.258 e. The van der Waals surface area contributed by atoms with Gasteiger partial charge >= 0.3 is 0 Å². The molecule has 0 atom stereocenters. The van der Waals surface area contributed by atoms with Crippen LogP contribution in [0.4, 0.5) is 4.39 Å². The van der Waals surface area contributed by atoms with Crippen LogP contribution in [-0.2, 0) is 0 Å². The molecule has 0 aromatic heterocycles. The lowest BCUT2D eigenvalue weighted by atomic mass is 10.1. The van der Waals surface area contributed by atoms with Crippen molar-refractivity contribution < 1.29 is 14.3 Å². The molecule has 90 valence electrons. The van der Waals surface area contributed by atoms with Gasteiger partial charge in [0, 0.05) is 19.2 Å². The van der Waals surface area contributed by atoms with Crippen LogP contribution in [0.2, 0.25) is 0 Å². The van der Waals surface area contributed by atoms with E-state index in [0.29, 0.717) is 13.1 Å². The summed E-state index contributed by atoms with van der Waals surface area (Å²) < 4.78 is 12.8. The summed E-state index contributed by atoms with van der Waals surface area (Å²) in [6.07, 6.45) is 3.14. The van der Waals surface area contributed by atoms with Crippen molar-refractivity contribution in [3.63, 3.8) is 0 Å². The van der Waals surface area contributed by atoms with E-state index in [1.807, 2.05) is 0 Å². The van der Waals surface area contributed by atoms with Crippen LogP contribution in [-0.4, -0.2) is 29.0 Å². The minimum atomic E-state index is -0.585. The van der Waals surface area contributed by atoms with Crippen molar-refractivity contribution in [2.75, 3.05) is 13.1 Å². The molecule has 4 heteroatoms. The average molecular weight is 235 g/mol. The molecule has 0 bridgehead atoms. The third-order valence-electron chi connectivity index (χ3n) is 2.18. The molecule has 17 heavy (non-hydrogen) atoms. The van der Waals surface area contributed by atoms with Crippen molar-refractivity contribution in [1.29, 1.82) is 0 Å². The Morgan fingerprint density at radius 2 is 1.94 bits per heavy atom. The van der Waals surface area contributed by atoms with Gasteiger partial charge in [-0.2, -0.15) is 0 Å². The summed E-state index contributed by atoms with van der Waals surface area (Å²) in [7, 11) is 0. The van der Waals surface area contributed by atoms with Gasteiger partial charge in [-0.25, -0.2) is 4.39 Å². The van der Waals surface area contributed by atoms with Crippen LogP contribution in [0.3, 0.4) is 0 Å². The molecule has 0 spiro atoms. The van der Waals surface area contributed by atoms with E-state index in [0.717, 1.165) is 12.1 Å². The van der Waals surface area contributed by atoms with E-state index in [4.69, 9.17) is 0 Å². The third kappa shape index (κ3) is 3.17. The monoisotopic (exact) mass is 235 g/mol. The first-order valence-corrected chi connectivity index (χ1v) is 5.09. The minimum absolute atomic E-state index is 0.0649. The van der Waals surface area contributed by atoms with Crippen molar-refractivity contribution in [3.8, 4) is 5.75 Å². The Bertz CT molecular complexity index is 433. The first-order valence-electron chi connectivity index (χ1n) is 5.09. The standard InChI is InChI=1S/C13H14FNO2/c1-3-7-15(8-4-2)13(17)11-6-5-10(14)9-12(11)16/h3-6,9,16H,1-2,7-8H2. The number of aromatic hydroxyl groups is 1. The first-order chi connectivity index (χ1) is 8.10. The van der Waals surface area contributed by atoms with Gasteiger partial charge in [0.2, 0.25) is 0 Å². The van der Waals surface area contributed by atoms with Gasteiger partial charge in [-0.15, -0.1) is 13.2 Å². The normalized spacial score (nSPS) is 9.71. The summed E-state index contributed by atoms with van der Waals surface area (Å²) in [6.45, 7) is 7.76. The van der Waals surface area contributed by atoms with E-state index in [2.05, 4.69) is 13.2 Å². The number of phenolic OH excluding ortho intramolecular Hbond substituents is 1. The second-order valence-corrected chi connectivity index (χ2v) is 3.45. The lowest BCUT2D eigenvalue weighted by Gasteiger charge is -2.19. The zero-order valence-corrected chi connectivity index (χ0v) is 9.40. The Hall–Kier alpha value is -2.10. The molecule has 0 heterocycles. The fourth-order valence-corrected chi connectivity index (χ4v) is 1.41. The highest BCUT2D eigenvalue weighted by Gasteiger charge is 2.17. The summed E-state index contributed by atoms with van der Waals surface area (Å²) in [5.74, 6) is -1.34. The number of hydrogen-bond donors (Lipinski definition) is 1. The largest absolute Gasteiger partial charge is 0.507 e. The highest BCUT2D eigenvalue weighted by Crippen LogP contribution is 2.19. The highest BCUT2D eigenvalue weighted by atomic mass is 19.1. The quantitative estimate of drug-likeness (QED) is 0.796. The van der Waals surface area contributed by atoms with E-state index in [1.54, 1.807) is 12.2 Å². The van der Waals surface area contributed by atoms with E-state index < -0.39 is 5.82 Å². The molecule has 0 unspecified atom stereocenters. The molecule has 0 aliphatic heterocycles. The molecule has 1 rings (SSSR count). The molecule has 0 saturated heterocycles. The topological polar surface area (TPSA) is 40.5 Å². The number of nitrogens with zero attached hydrogens (tertiary/aromatic N) is 1. The van der Waals surface area contributed by atoms with Crippen LogP contribution in [0.5, 0.6) is 5.75 Å². The van der Waals surface area contributed by atoms with E-state index in [1.165, 1.54) is 11.0 Å². The number of carbonyl (C=O) groups excluding carboxylic acids is 1. The maximum atomic E-state index is 12.8. The molecular formula is C13H14FNO2. The first kappa shape index (κ1) is 13.0. The predicted molar refractivity (Wildman–Crippen MR) is 64.4 cm³/mol. The van der Waals surface area contributed by atoms with E-state index in [-0.39, 0.29) is 17.2 Å². The lowest BCUT2D eigenvalue weighted by molar-refractivity contribution is 0.0788. The van der Waals surface area contributed by atoms with E-state index in [9.17, 15) is 14.3 Å². The lowest BCUT2D eigenvalue weighted by Crippen LogP contribution is -2.31. The molecule has 0 radical (unpaired) electrons. The Morgan fingerprint density at radius 3 is 2.41 bits per heavy atom. The van der Waals surface area contributed by atoms with Crippen molar-refractivity contribution in [2.24, 2.45) is 0 Å². The molecule has 1 N–H and O–H groups in total. The Morgan fingerprint density at radius 1 is 1.35 bits per heavy atom. The fraction of sp³-hybridized carbons (Fsp3) is 0.154. The molecule has 1 aromatic rings. The number of benzene rings is 1. The molecular weight excluding hydrogens is 221 g/mol. The maximum Gasteiger partial charge on any atom is 0.258 e. The molecule has 0 saturated carbocycles. The van der Waals surface area contributed by atoms with Crippen molar-refractivity contribution >= 4 is 5.91 Å². The van der Waals surface area contributed by atoms with Gasteiger partial charge in [-0.3, -0.25) is 4.79 Å². The van der Waals surface area contributed by atoms with Crippen LogP contribution in [0.15, 0.2) is 43.5 Å². The Kier molecular flexibility index (Phi) is 4.46. The molecule has 0 aliphatic rings. The second-order valence-electron chi connectivity index (χ2n) is 3.45. The summed E-state index contributed by atoms with van der Waals surface area (Å²) >= 11 is 0. The van der Waals surface area contributed by atoms with Crippen LogP contribution in [0.25, 0.3) is 0 Å². The SMILES string of the molecule is C=CCN(CC=C)C(=O)c1ccc(F)cc1O. The highest BCUT2D eigenvalue weighted by molar-refractivity contribution is 5.97. The summed E-state index contributed by atoms with van der Waals surface area (Å²) in [5, 5.41) is 9.51. The van der Waals surface area contributed by atoms with Crippen LogP contribution in [0.1, 0.15) is 10.4 Å². The van der Waals surface area contributed by atoms with Gasteiger partial charge in [-0.1, -0.05) is 12.2 Å². The van der Waals surface area contributed by atoms with Gasteiger partial charge < -0.3 is 10.0 Å². The number of carbonyl (C=O) groups is 1. The number of hydrogen-bond acceptors (Lipinski definition) is 2. The Balaban J connectivity index is 2.99. The summed E-state index contributed by atoms with van der Waals surface area (Å²) in [5.41, 5.74) is 0.0649. The van der Waals surface area contributed by atoms with Crippen molar-refractivity contribution in [2.45, 2.75) is 0 Å².